The third-order valence-electron chi connectivity index (χ3n) is 1.93. The summed E-state index contributed by atoms with van der Waals surface area (Å²) >= 11 is -2.46. The fourth-order valence-electron chi connectivity index (χ4n) is 1.19. The Hall–Kier alpha value is -0.0500. The van der Waals surface area contributed by atoms with Crippen molar-refractivity contribution in [1.29, 1.82) is 0 Å². The molecule has 5 atom stereocenters. The maximum Gasteiger partial charge on any atom is 0.122 e. The van der Waals surface area contributed by atoms with E-state index in [1.54, 1.807) is 0 Å². The van der Waals surface area contributed by atoms with Crippen molar-refractivity contribution in [1.82, 2.24) is 0 Å². The molecule has 78 valence electrons. The summed E-state index contributed by atoms with van der Waals surface area (Å²) in [5, 5.41) is 27.1. The lowest BCUT2D eigenvalue weighted by atomic mass is 10.0. The molecule has 1 aliphatic heterocycles. The molecule has 0 spiro atoms. The molecule has 7 heteroatoms. The number of hydrogen-bond donors (Lipinski definition) is 3. The summed E-state index contributed by atoms with van der Waals surface area (Å²) < 4.78 is 25.7. The number of aliphatic hydroxyl groups is 3. The van der Waals surface area contributed by atoms with Gasteiger partial charge in [-0.3, -0.25) is 4.21 Å². The van der Waals surface area contributed by atoms with Gasteiger partial charge in [-0.05, 0) is 11.1 Å². The molecule has 1 heterocycles. The predicted molar refractivity (Wildman–Crippen MR) is 41.3 cm³/mol. The van der Waals surface area contributed by atoms with Crippen LogP contribution in [0.25, 0.3) is 0 Å². The molecule has 13 heavy (non-hydrogen) atoms. The molecule has 1 saturated heterocycles. The van der Waals surface area contributed by atoms with Crippen LogP contribution in [0.2, 0.25) is 0 Å². The Morgan fingerprint density at radius 2 is 2.15 bits per heavy atom. The lowest BCUT2D eigenvalue weighted by molar-refractivity contribution is -0.159. The first kappa shape index (κ1) is 11.0. The monoisotopic (exact) mass is 211 g/mol. The van der Waals surface area contributed by atoms with Gasteiger partial charge in [0.2, 0.25) is 0 Å². The van der Waals surface area contributed by atoms with Crippen LogP contribution >= 0.6 is 0 Å². The van der Waals surface area contributed by atoms with Crippen molar-refractivity contribution >= 4 is 11.1 Å². The van der Waals surface area contributed by atoms with Crippen LogP contribution in [-0.4, -0.2) is 54.4 Å². The van der Waals surface area contributed by atoms with Crippen LogP contribution in [-0.2, 0) is 15.8 Å². The van der Waals surface area contributed by atoms with E-state index in [4.69, 9.17) is 9.84 Å². The second kappa shape index (κ2) is 4.45. The van der Waals surface area contributed by atoms with Crippen LogP contribution < -0.4 is 0 Å². The summed E-state index contributed by atoms with van der Waals surface area (Å²) in [5.74, 6) is 0. The van der Waals surface area contributed by atoms with E-state index < -0.39 is 41.4 Å². The Morgan fingerprint density at radius 1 is 1.54 bits per heavy atom. The Bertz CT molecular complexity index is 198. The van der Waals surface area contributed by atoms with Crippen LogP contribution in [0.5, 0.6) is 0 Å². The zero-order valence-corrected chi connectivity index (χ0v) is 7.51. The maximum absolute atomic E-state index is 10.5. The zero-order valence-electron chi connectivity index (χ0n) is 6.70. The van der Waals surface area contributed by atoms with Crippen molar-refractivity contribution in [2.24, 2.45) is 0 Å². The van der Waals surface area contributed by atoms with Crippen molar-refractivity contribution in [3.8, 4) is 0 Å². The number of rotatable bonds is 2. The second-order valence-electron chi connectivity index (χ2n) is 2.84. The minimum atomic E-state index is -2.46. The Kier molecular flexibility index (Phi) is 3.77. The van der Waals surface area contributed by atoms with Gasteiger partial charge in [0.25, 0.3) is 0 Å². The van der Waals surface area contributed by atoms with Gasteiger partial charge in [-0.15, -0.1) is 0 Å². The average molecular weight is 211 g/mol. The highest BCUT2D eigenvalue weighted by molar-refractivity contribution is 7.79. The fourth-order valence-corrected chi connectivity index (χ4v) is 1.78. The fraction of sp³-hybridized carbons (Fsp3) is 1.00. The largest absolute Gasteiger partial charge is 0.770 e. The summed E-state index contributed by atoms with van der Waals surface area (Å²) in [6.45, 7) is -0.522. The zero-order chi connectivity index (χ0) is 10.0. The lowest BCUT2D eigenvalue weighted by Crippen LogP contribution is -2.50. The van der Waals surface area contributed by atoms with Crippen molar-refractivity contribution in [2.45, 2.75) is 30.2 Å². The third kappa shape index (κ3) is 2.46. The molecule has 0 saturated carbocycles. The quantitative estimate of drug-likeness (QED) is 0.443. The highest BCUT2D eigenvalue weighted by Gasteiger charge is 2.36. The molecule has 1 aliphatic rings. The van der Waals surface area contributed by atoms with E-state index in [1.165, 1.54) is 0 Å². The van der Waals surface area contributed by atoms with Gasteiger partial charge < -0.3 is 24.6 Å². The molecule has 0 aliphatic carbocycles. The highest BCUT2D eigenvalue weighted by Crippen LogP contribution is 2.21. The maximum atomic E-state index is 10.5. The Morgan fingerprint density at radius 3 is 2.62 bits per heavy atom. The van der Waals surface area contributed by atoms with E-state index in [-0.39, 0.29) is 6.42 Å². The third-order valence-corrected chi connectivity index (χ3v) is 2.66. The minimum absolute atomic E-state index is 0.173. The molecule has 0 radical (unpaired) electrons. The molecule has 2 unspecified atom stereocenters. The van der Waals surface area contributed by atoms with Crippen molar-refractivity contribution in [2.75, 3.05) is 6.61 Å². The molecule has 0 aromatic rings. The minimum Gasteiger partial charge on any atom is -0.770 e. The molecule has 3 N–H and O–H groups in total. The molecule has 6 nitrogen and oxygen atoms in total. The van der Waals surface area contributed by atoms with Crippen molar-refractivity contribution < 1.29 is 28.8 Å². The van der Waals surface area contributed by atoms with Gasteiger partial charge in [0.05, 0.1) is 12.7 Å². The van der Waals surface area contributed by atoms with Gasteiger partial charge in [0.15, 0.2) is 0 Å². The van der Waals surface area contributed by atoms with Gasteiger partial charge in [-0.1, -0.05) is 0 Å². The molecule has 0 bridgehead atoms. The SMILES string of the molecule is O=S([O-])C1C[C@@H](O)[C@H](O)[C@@H](CO)O1. The van der Waals surface area contributed by atoms with Crippen LogP contribution in [0.3, 0.4) is 0 Å². The van der Waals surface area contributed by atoms with Crippen molar-refractivity contribution in [3.63, 3.8) is 0 Å². The Balaban J connectivity index is 2.63. The molecule has 1 rings (SSSR count). The lowest BCUT2D eigenvalue weighted by Gasteiger charge is -2.36. The molecular weight excluding hydrogens is 200 g/mol. The highest BCUT2D eigenvalue weighted by atomic mass is 32.2. The van der Waals surface area contributed by atoms with E-state index in [1.807, 2.05) is 0 Å². The summed E-state index contributed by atoms with van der Waals surface area (Å²) in [4.78, 5) is 0. The van der Waals surface area contributed by atoms with Crippen LogP contribution in [0.4, 0.5) is 0 Å². The first-order chi connectivity index (χ1) is 6.06. The molecule has 0 aromatic carbocycles. The number of ether oxygens (including phenoxy) is 1. The summed E-state index contributed by atoms with van der Waals surface area (Å²) in [6, 6.07) is 0. The first-order valence-electron chi connectivity index (χ1n) is 3.76. The number of aliphatic hydroxyl groups excluding tert-OH is 3. The molecular formula is C6H11O6S-. The predicted octanol–water partition coefficient (Wildman–Crippen LogP) is -2.31. The van der Waals surface area contributed by atoms with Crippen LogP contribution in [0.15, 0.2) is 0 Å². The van der Waals surface area contributed by atoms with E-state index in [0.717, 1.165) is 0 Å². The standard InChI is InChI=1S/C6H12O6S/c7-2-4-6(9)3(8)1-5(12-4)13(10)11/h3-9H,1-2H2,(H,10,11)/p-1/t3-,4-,5?,6+/m1/s1. The second-order valence-corrected chi connectivity index (χ2v) is 3.89. The van der Waals surface area contributed by atoms with Gasteiger partial charge >= 0.3 is 0 Å². The number of hydrogen-bond acceptors (Lipinski definition) is 6. The smallest absolute Gasteiger partial charge is 0.122 e. The normalized spacial score (nSPS) is 43.1. The van der Waals surface area contributed by atoms with Crippen LogP contribution in [0.1, 0.15) is 6.42 Å². The molecule has 0 aromatic heterocycles. The summed E-state index contributed by atoms with van der Waals surface area (Å²) in [5.41, 5.74) is -1.16. The van der Waals surface area contributed by atoms with E-state index in [9.17, 15) is 19.0 Å². The first-order valence-corrected chi connectivity index (χ1v) is 4.90. The van der Waals surface area contributed by atoms with Crippen molar-refractivity contribution in [3.05, 3.63) is 0 Å². The summed E-state index contributed by atoms with van der Waals surface area (Å²) in [6.07, 6.45) is -3.61. The van der Waals surface area contributed by atoms with E-state index >= 15 is 0 Å². The molecule has 0 amide bonds. The van der Waals surface area contributed by atoms with Gasteiger partial charge in [-0.2, -0.15) is 0 Å². The van der Waals surface area contributed by atoms with Gasteiger partial charge in [0.1, 0.15) is 17.6 Å². The Labute approximate surface area is 77.4 Å². The summed E-state index contributed by atoms with van der Waals surface area (Å²) in [7, 11) is 0. The van der Waals surface area contributed by atoms with E-state index in [2.05, 4.69) is 0 Å². The van der Waals surface area contributed by atoms with Crippen LogP contribution in [0, 0.1) is 0 Å². The molecule has 1 fully saturated rings. The average Bonchev–Trinajstić information content (AvgIpc) is 2.09. The topological polar surface area (TPSA) is 110 Å². The van der Waals surface area contributed by atoms with Gasteiger partial charge in [-0.25, -0.2) is 0 Å². The van der Waals surface area contributed by atoms with Gasteiger partial charge in [0, 0.05) is 6.42 Å². The van der Waals surface area contributed by atoms with E-state index in [0.29, 0.717) is 0 Å².